The molecule has 0 amide bonds. The Hall–Kier alpha value is -8.84. The maximum Gasteiger partial charge on any atom is 0.0701 e. The molecule has 0 radical (unpaired) electrons. The Balaban J connectivity index is 0.816. The van der Waals surface area contributed by atoms with Crippen LogP contribution < -0.4 is 20.0 Å². The lowest BCUT2D eigenvalue weighted by Gasteiger charge is -2.12. The van der Waals surface area contributed by atoms with Crippen molar-refractivity contribution in [1.29, 1.82) is 0 Å². The fraction of sp³-hybridized carbons (Fsp3) is 0.161. The van der Waals surface area contributed by atoms with Crippen LogP contribution in [0, 0.1) is 0 Å². The first-order chi connectivity index (χ1) is 36.4. The minimum atomic E-state index is 0.482. The zero-order chi connectivity index (χ0) is 50.6. The minimum Gasteiger partial charge on any atom is -0.377 e. The van der Waals surface area contributed by atoms with Gasteiger partial charge in [-0.2, -0.15) is 20.4 Å². The number of hydrazone groups is 4. The molecule has 0 aliphatic carbocycles. The van der Waals surface area contributed by atoms with E-state index in [1.54, 1.807) is 0 Å². The van der Waals surface area contributed by atoms with Crippen LogP contribution in [0.4, 0.5) is 22.7 Å². The second kappa shape index (κ2) is 23.1. The van der Waals surface area contributed by atoms with E-state index in [2.05, 4.69) is 81.9 Å². The highest BCUT2D eigenvalue weighted by Crippen LogP contribution is 2.32. The first-order valence-electron chi connectivity index (χ1n) is 24.9. The second-order valence-corrected chi connectivity index (χ2v) is 18.0. The van der Waals surface area contributed by atoms with E-state index in [0.29, 0.717) is 39.5 Å². The van der Waals surface area contributed by atoms with Crippen LogP contribution in [-0.2, 0) is 22.6 Å². The SMILES string of the molecule is CN(N=Cc1ccc2c(c1)c1cc(C=NN(C)c3ccccc3)ccc1n2CCOCCOCCn1c2ccc(C=NN(C)c3ccccc3)cc2c2cc(C=NN(C)c3ccccc3)ccc21)c1ccccc1. The van der Waals surface area contributed by atoms with Crippen molar-refractivity contribution in [2.24, 2.45) is 20.4 Å². The Kier molecular flexibility index (Phi) is 15.3. The van der Waals surface area contributed by atoms with Crippen LogP contribution in [0.25, 0.3) is 43.6 Å². The highest BCUT2D eigenvalue weighted by Gasteiger charge is 2.15. The molecule has 10 rings (SSSR count). The Morgan fingerprint density at radius 1 is 0.324 bits per heavy atom. The third-order valence-corrected chi connectivity index (χ3v) is 13.2. The molecule has 2 heterocycles. The van der Waals surface area contributed by atoms with E-state index in [9.17, 15) is 0 Å². The normalized spacial score (nSPS) is 12.0. The Labute approximate surface area is 432 Å². The summed E-state index contributed by atoms with van der Waals surface area (Å²) in [5.41, 5.74) is 12.7. The van der Waals surface area contributed by atoms with Gasteiger partial charge >= 0.3 is 0 Å². The number of ether oxygens (including phenoxy) is 2. The summed E-state index contributed by atoms with van der Waals surface area (Å²) in [7, 11) is 7.85. The van der Waals surface area contributed by atoms with Crippen molar-refractivity contribution in [1.82, 2.24) is 9.13 Å². The van der Waals surface area contributed by atoms with E-state index in [0.717, 1.165) is 88.6 Å². The number of anilines is 4. The number of benzene rings is 8. The summed E-state index contributed by atoms with van der Waals surface area (Å²) < 4.78 is 17.2. The number of hydrogen-bond donors (Lipinski definition) is 0. The van der Waals surface area contributed by atoms with Gasteiger partial charge in [-0.15, -0.1) is 0 Å². The molecule has 0 spiro atoms. The van der Waals surface area contributed by atoms with Crippen molar-refractivity contribution in [3.63, 3.8) is 0 Å². The quantitative estimate of drug-likeness (QED) is 0.0405. The lowest BCUT2D eigenvalue weighted by Crippen LogP contribution is -2.12. The third kappa shape index (κ3) is 11.4. The van der Waals surface area contributed by atoms with Gasteiger partial charge in [-0.3, -0.25) is 20.0 Å². The summed E-state index contributed by atoms with van der Waals surface area (Å²) in [6, 6.07) is 66.7. The van der Waals surface area contributed by atoms with E-state index in [1.807, 2.05) is 194 Å². The summed E-state index contributed by atoms with van der Waals surface area (Å²) in [6.45, 7) is 3.39. The number of rotatable bonds is 21. The van der Waals surface area contributed by atoms with Crippen LogP contribution >= 0.6 is 0 Å². The van der Waals surface area contributed by atoms with Crippen LogP contribution in [0.5, 0.6) is 0 Å². The Bertz CT molecular complexity index is 3130. The number of para-hydroxylation sites is 4. The fourth-order valence-electron chi connectivity index (χ4n) is 9.17. The first kappa shape index (κ1) is 48.8. The van der Waals surface area contributed by atoms with E-state index in [1.165, 1.54) is 0 Å². The van der Waals surface area contributed by atoms with Gasteiger partial charge in [0.2, 0.25) is 0 Å². The first-order valence-corrected chi connectivity index (χ1v) is 24.9. The molecule has 2 aromatic heterocycles. The molecule has 0 fully saturated rings. The maximum atomic E-state index is 6.27. The minimum absolute atomic E-state index is 0.482. The van der Waals surface area contributed by atoms with Crippen molar-refractivity contribution >= 4 is 91.2 Å². The van der Waals surface area contributed by atoms with E-state index >= 15 is 0 Å². The Morgan fingerprint density at radius 3 is 0.811 bits per heavy atom. The van der Waals surface area contributed by atoms with Crippen LogP contribution in [-0.4, -0.2) is 88.6 Å². The zero-order valence-electron chi connectivity index (χ0n) is 42.3. The van der Waals surface area contributed by atoms with Gasteiger partial charge in [0.05, 0.1) is 74.0 Å². The highest BCUT2D eigenvalue weighted by atomic mass is 16.5. The van der Waals surface area contributed by atoms with Crippen molar-refractivity contribution in [2.75, 3.05) is 74.7 Å². The molecule has 0 saturated heterocycles. The van der Waals surface area contributed by atoms with Gasteiger partial charge in [-0.25, -0.2) is 0 Å². The molecule has 0 atom stereocenters. The van der Waals surface area contributed by atoms with Crippen molar-refractivity contribution in [3.05, 3.63) is 216 Å². The number of fused-ring (bicyclic) bond motifs is 6. The molecule has 0 aliphatic heterocycles. The van der Waals surface area contributed by atoms with Gasteiger partial charge in [0.1, 0.15) is 0 Å². The van der Waals surface area contributed by atoms with Crippen LogP contribution in [0.3, 0.4) is 0 Å². The van der Waals surface area contributed by atoms with Crippen molar-refractivity contribution in [3.8, 4) is 0 Å². The molecule has 10 aromatic rings. The van der Waals surface area contributed by atoms with Crippen molar-refractivity contribution in [2.45, 2.75) is 13.1 Å². The van der Waals surface area contributed by atoms with Gasteiger partial charge in [0.25, 0.3) is 0 Å². The number of nitrogens with zero attached hydrogens (tertiary/aromatic N) is 10. The second-order valence-electron chi connectivity index (χ2n) is 18.0. The van der Waals surface area contributed by atoms with Crippen LogP contribution in [0.15, 0.2) is 215 Å². The number of hydrogen-bond acceptors (Lipinski definition) is 10. The summed E-state index contributed by atoms with van der Waals surface area (Å²) in [4.78, 5) is 0. The van der Waals surface area contributed by atoms with Crippen LogP contribution in [0.2, 0.25) is 0 Å². The molecule has 0 bridgehead atoms. The molecular weight excluding hydrogens is 917 g/mol. The molecule has 74 heavy (non-hydrogen) atoms. The van der Waals surface area contributed by atoms with Gasteiger partial charge in [-0.05, 0) is 119 Å². The molecule has 0 N–H and O–H groups in total. The van der Waals surface area contributed by atoms with Gasteiger partial charge in [0, 0.05) is 84.9 Å². The average Bonchev–Trinajstić information content (AvgIpc) is 3.95. The molecule has 12 nitrogen and oxygen atoms in total. The zero-order valence-corrected chi connectivity index (χ0v) is 42.3. The summed E-state index contributed by atoms with van der Waals surface area (Å²) in [5.74, 6) is 0. The molecular formula is C62H60N10O2. The maximum absolute atomic E-state index is 6.27. The lowest BCUT2D eigenvalue weighted by molar-refractivity contribution is 0.0431. The van der Waals surface area contributed by atoms with E-state index < -0.39 is 0 Å². The highest BCUT2D eigenvalue weighted by molar-refractivity contribution is 6.12. The fourth-order valence-corrected chi connectivity index (χ4v) is 9.17. The van der Waals surface area contributed by atoms with E-state index in [-0.39, 0.29) is 0 Å². The summed E-state index contributed by atoms with van der Waals surface area (Å²) >= 11 is 0. The molecule has 0 unspecified atom stereocenters. The smallest absolute Gasteiger partial charge is 0.0701 e. The van der Waals surface area contributed by atoms with Gasteiger partial charge in [0.15, 0.2) is 0 Å². The number of aromatic nitrogens is 2. The molecule has 12 heteroatoms. The third-order valence-electron chi connectivity index (χ3n) is 13.2. The largest absolute Gasteiger partial charge is 0.377 e. The Morgan fingerprint density at radius 2 is 0.568 bits per heavy atom. The van der Waals surface area contributed by atoms with Crippen LogP contribution in [0.1, 0.15) is 22.3 Å². The molecule has 0 saturated carbocycles. The predicted molar refractivity (Wildman–Crippen MR) is 310 cm³/mol. The summed E-state index contributed by atoms with van der Waals surface area (Å²) in [5, 5.41) is 31.2. The van der Waals surface area contributed by atoms with Crippen molar-refractivity contribution < 1.29 is 9.47 Å². The summed E-state index contributed by atoms with van der Waals surface area (Å²) in [6.07, 6.45) is 7.66. The van der Waals surface area contributed by atoms with Gasteiger partial charge in [-0.1, -0.05) is 97.1 Å². The topological polar surface area (TPSA) is 90.7 Å². The standard InChI is InChI=1S/C62H60N10O2/c1-67(51-17-9-5-10-18-51)63-43-47-25-29-59-55(39-47)56-40-48(44-64-68(2)52-19-11-6-12-20-52)26-30-60(56)71(59)33-35-73-37-38-74-36-34-72-61-31-27-49(45-65-69(3)53-21-13-7-14-22-53)41-57(61)58-42-50(28-32-62(58)72)46-66-70(4)54-23-15-8-16-24-54/h5-32,39-46H,33-38H2,1-4H3. The molecule has 8 aromatic carbocycles. The van der Waals surface area contributed by atoms with Gasteiger partial charge < -0.3 is 18.6 Å². The molecule has 0 aliphatic rings. The average molecular weight is 977 g/mol. The predicted octanol–water partition coefficient (Wildman–Crippen LogP) is 12.5. The monoisotopic (exact) mass is 976 g/mol. The lowest BCUT2D eigenvalue weighted by atomic mass is 10.1. The van der Waals surface area contributed by atoms with E-state index in [4.69, 9.17) is 29.9 Å². The molecule has 370 valence electrons.